The van der Waals surface area contributed by atoms with Gasteiger partial charge in [-0.15, -0.1) is 5.10 Å². The molecule has 0 aliphatic carbocycles. The van der Waals surface area contributed by atoms with Gasteiger partial charge in [-0.1, -0.05) is 17.8 Å². The molecular weight excluding hydrogens is 414 g/mol. The van der Waals surface area contributed by atoms with Crippen LogP contribution in [0.3, 0.4) is 0 Å². The first-order chi connectivity index (χ1) is 15.0. The highest BCUT2D eigenvalue weighted by Gasteiger charge is 2.16. The molecule has 0 saturated heterocycles. The maximum absolute atomic E-state index is 12.5. The van der Waals surface area contributed by atoms with E-state index in [1.807, 2.05) is 26.8 Å². The third-order valence-electron chi connectivity index (χ3n) is 4.44. The van der Waals surface area contributed by atoms with Crippen LogP contribution in [0.15, 0.2) is 42.7 Å². The van der Waals surface area contributed by atoms with Crippen molar-refractivity contribution in [2.45, 2.75) is 33.6 Å². The molecule has 1 N–H and O–H groups in total. The number of aromatic nitrogens is 6. The van der Waals surface area contributed by atoms with Crippen LogP contribution in [-0.2, 0) is 6.42 Å². The van der Waals surface area contributed by atoms with E-state index in [0.717, 1.165) is 41.5 Å². The molecule has 0 aliphatic heterocycles. The number of carbonyl (C=O) groups is 1. The molecule has 0 saturated carbocycles. The summed E-state index contributed by atoms with van der Waals surface area (Å²) in [4.78, 5) is 21.5. The molecule has 1 aromatic carbocycles. The Bertz CT molecular complexity index is 1200. The molecule has 0 fully saturated rings. The maximum Gasteiger partial charge on any atom is 0.269 e. The third-order valence-corrected chi connectivity index (χ3v) is 5.20. The van der Waals surface area contributed by atoms with Crippen LogP contribution in [0.5, 0.6) is 11.6 Å². The van der Waals surface area contributed by atoms with Crippen LogP contribution in [-0.4, -0.2) is 35.2 Å². The summed E-state index contributed by atoms with van der Waals surface area (Å²) in [5, 5.41) is 11.3. The van der Waals surface area contributed by atoms with E-state index in [1.54, 1.807) is 35.0 Å². The number of hydrogen-bond acceptors (Lipinski definition) is 8. The van der Waals surface area contributed by atoms with Gasteiger partial charge in [-0.25, -0.2) is 14.6 Å². The smallest absolute Gasteiger partial charge is 0.269 e. The molecule has 0 atom stereocenters. The Balaban J connectivity index is 1.44. The quantitative estimate of drug-likeness (QED) is 0.465. The number of nitrogens with zero attached hydrogens (tertiary/aromatic N) is 6. The van der Waals surface area contributed by atoms with Crippen LogP contribution in [0.4, 0.5) is 5.69 Å². The van der Waals surface area contributed by atoms with Crippen molar-refractivity contribution in [1.82, 2.24) is 29.3 Å². The summed E-state index contributed by atoms with van der Waals surface area (Å²) in [6, 6.07) is 10.8. The lowest BCUT2D eigenvalue weighted by atomic mass is 10.2. The van der Waals surface area contributed by atoms with E-state index in [-0.39, 0.29) is 5.91 Å². The second kappa shape index (κ2) is 9.00. The Labute approximate surface area is 183 Å². The topological polar surface area (TPSA) is 108 Å². The Kier molecular flexibility index (Phi) is 5.99. The van der Waals surface area contributed by atoms with Gasteiger partial charge in [-0.3, -0.25) is 4.79 Å². The van der Waals surface area contributed by atoms with Crippen molar-refractivity contribution in [2.24, 2.45) is 0 Å². The number of hydrogen-bond donors (Lipinski definition) is 1. The summed E-state index contributed by atoms with van der Waals surface area (Å²) in [6.07, 6.45) is 3.07. The molecule has 3 aromatic heterocycles. The average molecular weight is 436 g/mol. The molecule has 0 radical (unpaired) electrons. The number of nitrogens with one attached hydrogen (secondary N) is 1. The molecule has 4 aromatic rings. The minimum Gasteiger partial charge on any atom is -0.439 e. The molecule has 0 spiro atoms. The molecule has 1 amide bonds. The fourth-order valence-electron chi connectivity index (χ4n) is 3.06. The average Bonchev–Trinajstić information content (AvgIpc) is 3.36. The van der Waals surface area contributed by atoms with E-state index >= 15 is 0 Å². The zero-order chi connectivity index (χ0) is 21.8. The third kappa shape index (κ3) is 4.75. The van der Waals surface area contributed by atoms with Gasteiger partial charge in [0.05, 0.1) is 11.4 Å². The fraction of sp³-hybridized carbons (Fsp3) is 0.238. The van der Waals surface area contributed by atoms with Crippen LogP contribution in [0.25, 0.3) is 5.82 Å². The summed E-state index contributed by atoms with van der Waals surface area (Å²) in [6.45, 7) is 5.93. The standard InChI is InChI=1S/C21H21N7O2S/c1-4-5-17-20(31-27-25-17)21(29)24-15-6-8-16(9-7-15)30-19-11-18(22-12-23-19)28-14(3)10-13(2)26-28/h6-12H,4-5H2,1-3H3,(H,24,29). The van der Waals surface area contributed by atoms with Gasteiger partial charge in [0.15, 0.2) is 5.82 Å². The zero-order valence-corrected chi connectivity index (χ0v) is 18.2. The van der Waals surface area contributed by atoms with Crippen molar-refractivity contribution in [1.29, 1.82) is 0 Å². The van der Waals surface area contributed by atoms with E-state index in [9.17, 15) is 4.79 Å². The van der Waals surface area contributed by atoms with Crippen LogP contribution in [0, 0.1) is 13.8 Å². The first kappa shape index (κ1) is 20.6. The summed E-state index contributed by atoms with van der Waals surface area (Å²) in [7, 11) is 0. The Morgan fingerprint density at radius 1 is 1.16 bits per heavy atom. The number of amides is 1. The zero-order valence-electron chi connectivity index (χ0n) is 17.4. The largest absolute Gasteiger partial charge is 0.439 e. The lowest BCUT2D eigenvalue weighted by Crippen LogP contribution is -2.12. The van der Waals surface area contributed by atoms with Gasteiger partial charge in [0.2, 0.25) is 5.88 Å². The summed E-state index contributed by atoms with van der Waals surface area (Å²) >= 11 is 1.10. The molecule has 158 valence electrons. The second-order valence-corrected chi connectivity index (χ2v) is 7.69. The molecule has 9 nitrogen and oxygen atoms in total. The fourth-order valence-corrected chi connectivity index (χ4v) is 3.66. The molecule has 0 bridgehead atoms. The normalized spacial score (nSPS) is 10.8. The highest BCUT2D eigenvalue weighted by molar-refractivity contribution is 7.08. The highest BCUT2D eigenvalue weighted by Crippen LogP contribution is 2.23. The first-order valence-electron chi connectivity index (χ1n) is 9.79. The number of anilines is 1. The Morgan fingerprint density at radius 2 is 1.97 bits per heavy atom. The monoisotopic (exact) mass is 435 g/mol. The lowest BCUT2D eigenvalue weighted by molar-refractivity contribution is 0.102. The SMILES string of the molecule is CCCc1nnsc1C(=O)Nc1ccc(Oc2cc(-n3nc(C)cc3C)ncn2)cc1. The first-order valence-corrected chi connectivity index (χ1v) is 10.6. The Hall–Kier alpha value is -3.66. The van der Waals surface area contributed by atoms with E-state index in [0.29, 0.717) is 28.0 Å². The number of benzene rings is 1. The van der Waals surface area contributed by atoms with Crippen LogP contribution >= 0.6 is 11.5 Å². The van der Waals surface area contributed by atoms with E-state index < -0.39 is 0 Å². The maximum atomic E-state index is 12.5. The van der Waals surface area contributed by atoms with Crippen LogP contribution in [0.2, 0.25) is 0 Å². The van der Waals surface area contributed by atoms with Gasteiger partial charge in [0.1, 0.15) is 17.0 Å². The van der Waals surface area contributed by atoms with Crippen molar-refractivity contribution < 1.29 is 9.53 Å². The predicted molar refractivity (Wildman–Crippen MR) is 117 cm³/mol. The Morgan fingerprint density at radius 3 is 2.68 bits per heavy atom. The summed E-state index contributed by atoms with van der Waals surface area (Å²) in [5.74, 6) is 1.40. The van der Waals surface area contributed by atoms with Crippen molar-refractivity contribution in [3.63, 3.8) is 0 Å². The number of rotatable bonds is 7. The van der Waals surface area contributed by atoms with E-state index in [4.69, 9.17) is 4.74 Å². The predicted octanol–water partition coefficient (Wildman–Crippen LogP) is 4.13. The van der Waals surface area contributed by atoms with E-state index in [2.05, 4.69) is 30.0 Å². The molecule has 0 unspecified atom stereocenters. The molecule has 31 heavy (non-hydrogen) atoms. The van der Waals surface area contributed by atoms with E-state index in [1.165, 1.54) is 6.33 Å². The van der Waals surface area contributed by atoms with Crippen molar-refractivity contribution in [3.05, 3.63) is 64.7 Å². The lowest BCUT2D eigenvalue weighted by Gasteiger charge is -2.08. The molecular formula is C21H21N7O2S. The van der Waals surface area contributed by atoms with Gasteiger partial charge in [-0.05, 0) is 62.1 Å². The minimum absolute atomic E-state index is 0.211. The molecule has 0 aliphatic rings. The van der Waals surface area contributed by atoms with Gasteiger partial charge in [0.25, 0.3) is 5.91 Å². The number of carbonyl (C=O) groups excluding carboxylic acids is 1. The summed E-state index contributed by atoms with van der Waals surface area (Å²) in [5.41, 5.74) is 3.26. The second-order valence-electron chi connectivity index (χ2n) is 6.93. The number of ether oxygens (including phenoxy) is 1. The minimum atomic E-state index is -0.211. The van der Waals surface area contributed by atoms with Crippen molar-refractivity contribution in [3.8, 4) is 17.4 Å². The molecule has 4 rings (SSSR count). The van der Waals surface area contributed by atoms with Crippen molar-refractivity contribution in [2.75, 3.05) is 5.32 Å². The van der Waals surface area contributed by atoms with Gasteiger partial charge in [-0.2, -0.15) is 5.10 Å². The number of aryl methyl sites for hydroxylation is 3. The molecule has 3 heterocycles. The highest BCUT2D eigenvalue weighted by atomic mass is 32.1. The summed E-state index contributed by atoms with van der Waals surface area (Å²) < 4.78 is 11.5. The van der Waals surface area contributed by atoms with Gasteiger partial charge < -0.3 is 10.1 Å². The van der Waals surface area contributed by atoms with Crippen LogP contribution < -0.4 is 10.1 Å². The van der Waals surface area contributed by atoms with Crippen molar-refractivity contribution >= 4 is 23.1 Å². The van der Waals surface area contributed by atoms with Gasteiger partial charge in [0, 0.05) is 17.4 Å². The van der Waals surface area contributed by atoms with Crippen LogP contribution in [0.1, 0.15) is 40.1 Å². The van der Waals surface area contributed by atoms with Gasteiger partial charge >= 0.3 is 0 Å². The molecule has 10 heteroatoms.